The molecule has 1 amide bonds. The van der Waals surface area contributed by atoms with E-state index < -0.39 is 6.43 Å². The van der Waals surface area contributed by atoms with E-state index in [1.54, 1.807) is 4.52 Å². The Bertz CT molecular complexity index is 1290. The monoisotopic (exact) mass is 565 g/mol. The van der Waals surface area contributed by atoms with Crippen LogP contribution < -0.4 is 16.0 Å². The maximum atomic E-state index is 13.5. The van der Waals surface area contributed by atoms with E-state index in [0.29, 0.717) is 28.3 Å². The number of alkyl halides is 2. The molecule has 0 unspecified atom stereocenters. The van der Waals surface area contributed by atoms with E-state index in [1.165, 1.54) is 12.4 Å². The van der Waals surface area contributed by atoms with Gasteiger partial charge in [0.05, 0.1) is 15.4 Å². The van der Waals surface area contributed by atoms with Crippen molar-refractivity contribution in [3.05, 3.63) is 44.5 Å². The number of hydrogen-bond acceptors (Lipinski definition) is 7. The molecule has 0 bridgehead atoms. The lowest BCUT2D eigenvalue weighted by Gasteiger charge is -2.34. The number of nitrogen functional groups attached to an aromatic ring is 1. The maximum Gasteiger partial charge on any atom is 0.272 e. The molecule has 2 aliphatic heterocycles. The van der Waals surface area contributed by atoms with E-state index in [4.69, 9.17) is 5.73 Å². The van der Waals surface area contributed by atoms with Crippen LogP contribution in [0.25, 0.3) is 11.1 Å². The summed E-state index contributed by atoms with van der Waals surface area (Å²) in [7, 11) is 2.01. The highest BCUT2D eigenvalue weighted by molar-refractivity contribution is 9.10. The van der Waals surface area contributed by atoms with Crippen LogP contribution in [-0.2, 0) is 0 Å². The van der Waals surface area contributed by atoms with Crippen molar-refractivity contribution < 1.29 is 13.6 Å². The van der Waals surface area contributed by atoms with Crippen molar-refractivity contribution >= 4 is 55.8 Å². The third kappa shape index (κ3) is 4.78. The Morgan fingerprint density at radius 3 is 2.91 bits per heavy atom. The first-order chi connectivity index (χ1) is 16.8. The predicted molar refractivity (Wildman–Crippen MR) is 137 cm³/mol. The number of anilines is 2. The molecule has 0 saturated carbocycles. The largest absolute Gasteiger partial charge is 0.382 e. The molecule has 3 N–H and O–H groups in total. The minimum atomic E-state index is -2.61. The third-order valence-corrected chi connectivity index (χ3v) is 8.25. The van der Waals surface area contributed by atoms with Gasteiger partial charge in [-0.25, -0.2) is 18.3 Å². The lowest BCUT2D eigenvalue weighted by Crippen LogP contribution is -2.47. The SMILES string of the molecule is CN1CC=C(c2cc(C(F)F)sc2C(=O)N[C@@H]2CCCN(c3cc(Br)n4ncnc(N)c34)C2)CC1. The Morgan fingerprint density at radius 2 is 2.17 bits per heavy atom. The van der Waals surface area contributed by atoms with Gasteiger partial charge in [0.1, 0.15) is 16.4 Å². The fourth-order valence-corrected chi connectivity index (χ4v) is 6.20. The zero-order valence-corrected chi connectivity index (χ0v) is 21.6. The zero-order valence-electron chi connectivity index (χ0n) is 19.2. The lowest BCUT2D eigenvalue weighted by atomic mass is 9.99. The molecule has 1 saturated heterocycles. The summed E-state index contributed by atoms with van der Waals surface area (Å²) in [4.78, 5) is 22.1. The number of piperidine rings is 1. The van der Waals surface area contributed by atoms with Gasteiger partial charge in [-0.15, -0.1) is 11.3 Å². The molecule has 186 valence electrons. The number of likely N-dealkylation sites (N-methyl/N-ethyl adjacent to an activating group) is 1. The van der Waals surface area contributed by atoms with Crippen LogP contribution in [0.2, 0.25) is 0 Å². The van der Waals surface area contributed by atoms with Crippen molar-refractivity contribution in [3.63, 3.8) is 0 Å². The van der Waals surface area contributed by atoms with Crippen LogP contribution in [0.5, 0.6) is 0 Å². The standard InChI is InChI=1S/C23H26BrF2N7OS/c1-31-7-4-13(5-8-31)15-9-17(21(25)26)35-20(15)23(34)30-14-3-2-6-32(11-14)16-10-18(24)33-19(16)22(27)28-12-29-33/h4,9-10,12,14,21H,2-3,5-8,11H2,1H3,(H,30,34)(H2,27,28,29)/t14-/m1/s1. The van der Waals surface area contributed by atoms with Crippen LogP contribution in [0, 0.1) is 0 Å². The van der Waals surface area contributed by atoms with Gasteiger partial charge in [-0.1, -0.05) is 6.08 Å². The van der Waals surface area contributed by atoms with Crippen molar-refractivity contribution in [2.75, 3.05) is 43.9 Å². The fraction of sp³-hybridized carbons (Fsp3) is 0.435. The first-order valence-electron chi connectivity index (χ1n) is 11.4. The van der Waals surface area contributed by atoms with E-state index in [0.717, 1.165) is 66.1 Å². The van der Waals surface area contributed by atoms with Gasteiger partial charge in [-0.3, -0.25) is 4.79 Å². The first kappa shape index (κ1) is 24.1. The Hall–Kier alpha value is -2.57. The number of carbonyl (C=O) groups excluding carboxylic acids is 1. The van der Waals surface area contributed by atoms with Crippen molar-refractivity contribution in [2.45, 2.75) is 31.7 Å². The predicted octanol–water partition coefficient (Wildman–Crippen LogP) is 4.19. The van der Waals surface area contributed by atoms with Crippen LogP contribution in [0.4, 0.5) is 20.3 Å². The molecule has 3 aromatic heterocycles. The molecule has 5 heterocycles. The molecule has 2 aliphatic rings. The van der Waals surface area contributed by atoms with Crippen molar-refractivity contribution in [1.29, 1.82) is 0 Å². The van der Waals surface area contributed by atoms with Gasteiger partial charge < -0.3 is 20.9 Å². The second-order valence-corrected chi connectivity index (χ2v) is 10.8. The number of nitrogens with one attached hydrogen (secondary N) is 1. The highest BCUT2D eigenvalue weighted by atomic mass is 79.9. The normalized spacial score (nSPS) is 19.4. The highest BCUT2D eigenvalue weighted by Gasteiger charge is 2.28. The smallest absolute Gasteiger partial charge is 0.272 e. The van der Waals surface area contributed by atoms with E-state index >= 15 is 0 Å². The molecule has 1 fully saturated rings. The van der Waals surface area contributed by atoms with Crippen molar-refractivity contribution in [3.8, 4) is 0 Å². The van der Waals surface area contributed by atoms with Gasteiger partial charge in [0, 0.05) is 37.8 Å². The molecule has 5 rings (SSSR count). The van der Waals surface area contributed by atoms with Crippen LogP contribution >= 0.6 is 27.3 Å². The summed E-state index contributed by atoms with van der Waals surface area (Å²) in [5.74, 6) is 0.0790. The summed E-state index contributed by atoms with van der Waals surface area (Å²) >= 11 is 4.41. The maximum absolute atomic E-state index is 13.5. The van der Waals surface area contributed by atoms with Gasteiger partial charge >= 0.3 is 0 Å². The summed E-state index contributed by atoms with van der Waals surface area (Å²) in [5.41, 5.74) is 9.33. The van der Waals surface area contributed by atoms with Crippen molar-refractivity contribution in [1.82, 2.24) is 24.8 Å². The van der Waals surface area contributed by atoms with Gasteiger partial charge in [0.25, 0.3) is 12.3 Å². The van der Waals surface area contributed by atoms with Crippen molar-refractivity contribution in [2.24, 2.45) is 0 Å². The number of hydrogen-bond donors (Lipinski definition) is 2. The lowest BCUT2D eigenvalue weighted by molar-refractivity contribution is 0.0937. The molecule has 0 aliphatic carbocycles. The van der Waals surface area contributed by atoms with Crippen LogP contribution in [0.1, 0.15) is 45.8 Å². The zero-order chi connectivity index (χ0) is 24.7. The Balaban J connectivity index is 1.37. The summed E-state index contributed by atoms with van der Waals surface area (Å²) < 4.78 is 29.5. The summed E-state index contributed by atoms with van der Waals surface area (Å²) in [6.45, 7) is 2.94. The number of thiophene rings is 1. The quantitative estimate of drug-likeness (QED) is 0.482. The third-order valence-electron chi connectivity index (χ3n) is 6.55. The fourth-order valence-electron chi connectivity index (χ4n) is 4.76. The number of nitrogens with zero attached hydrogens (tertiary/aromatic N) is 5. The average Bonchev–Trinajstić information content (AvgIpc) is 3.43. The second-order valence-electron chi connectivity index (χ2n) is 8.95. The molecule has 3 aromatic rings. The van der Waals surface area contributed by atoms with E-state index in [9.17, 15) is 13.6 Å². The molecule has 1 atom stereocenters. The topological polar surface area (TPSA) is 91.8 Å². The van der Waals surface area contributed by atoms with Crippen LogP contribution in [-0.4, -0.2) is 64.7 Å². The molecule has 35 heavy (non-hydrogen) atoms. The number of rotatable bonds is 5. The molecular formula is C23H26BrF2N7OS. The molecule has 12 heteroatoms. The number of aromatic nitrogens is 3. The van der Waals surface area contributed by atoms with E-state index in [1.807, 2.05) is 19.2 Å². The number of amides is 1. The molecule has 0 aromatic carbocycles. The molecular weight excluding hydrogens is 540 g/mol. The Kier molecular flexibility index (Phi) is 6.78. The Morgan fingerprint density at radius 1 is 1.34 bits per heavy atom. The number of nitrogens with two attached hydrogens (primary N) is 1. The van der Waals surface area contributed by atoms with Gasteiger partial charge in [-0.05, 0) is 59.9 Å². The summed E-state index contributed by atoms with van der Waals surface area (Å²) in [6, 6.07) is 3.30. The first-order valence-corrected chi connectivity index (χ1v) is 13.1. The molecule has 0 spiro atoms. The van der Waals surface area contributed by atoms with Crippen LogP contribution in [0.15, 0.2) is 29.1 Å². The molecule has 0 radical (unpaired) electrons. The minimum absolute atomic E-state index is 0.0733. The highest BCUT2D eigenvalue weighted by Crippen LogP contribution is 2.37. The van der Waals surface area contributed by atoms with E-state index in [-0.39, 0.29) is 16.8 Å². The van der Waals surface area contributed by atoms with Gasteiger partial charge in [0.2, 0.25) is 0 Å². The number of fused-ring (bicyclic) bond motifs is 1. The number of halogens is 3. The van der Waals surface area contributed by atoms with Gasteiger partial charge in [-0.2, -0.15) is 5.10 Å². The van der Waals surface area contributed by atoms with E-state index in [2.05, 4.69) is 41.1 Å². The average molecular weight is 566 g/mol. The second kappa shape index (κ2) is 9.82. The van der Waals surface area contributed by atoms with Crippen LogP contribution in [0.3, 0.4) is 0 Å². The number of carbonyl (C=O) groups is 1. The molecule has 8 nitrogen and oxygen atoms in total. The Labute approximate surface area is 213 Å². The summed E-state index contributed by atoms with van der Waals surface area (Å²) in [6.07, 6.45) is 3.23. The summed E-state index contributed by atoms with van der Waals surface area (Å²) in [5, 5.41) is 7.36. The van der Waals surface area contributed by atoms with Gasteiger partial charge in [0.15, 0.2) is 5.82 Å². The minimum Gasteiger partial charge on any atom is -0.382 e.